The number of rotatable bonds is 2. The molecule has 2 aromatic rings. The standard InChI is InChI=1S/C8H6Cl2N2OS/c9-6-3-4(8(10)14-6)7(13)5-1-2-11-12-5/h1-3,7,13H,(H,11,12). The first kappa shape index (κ1) is 9.98. The first-order valence-electron chi connectivity index (χ1n) is 3.80. The molecule has 2 N–H and O–H groups in total. The van der Waals surface area contributed by atoms with Gasteiger partial charge in [0.05, 0.1) is 10.0 Å². The number of hydrogen-bond acceptors (Lipinski definition) is 3. The minimum atomic E-state index is -0.797. The lowest BCUT2D eigenvalue weighted by molar-refractivity contribution is 0.216. The maximum atomic E-state index is 9.87. The fourth-order valence-electron chi connectivity index (χ4n) is 1.13. The number of halogens is 2. The number of nitrogens with zero attached hydrogens (tertiary/aromatic N) is 1. The molecular formula is C8H6Cl2N2OS. The highest BCUT2D eigenvalue weighted by molar-refractivity contribution is 7.20. The molecule has 6 heteroatoms. The molecule has 0 spiro atoms. The van der Waals surface area contributed by atoms with Crippen LogP contribution in [-0.4, -0.2) is 15.3 Å². The van der Waals surface area contributed by atoms with E-state index in [1.807, 2.05) is 0 Å². The van der Waals surface area contributed by atoms with Gasteiger partial charge in [-0.15, -0.1) is 11.3 Å². The first-order chi connectivity index (χ1) is 6.68. The smallest absolute Gasteiger partial charge is 0.123 e. The molecule has 0 aliphatic carbocycles. The second-order valence-electron chi connectivity index (χ2n) is 2.69. The van der Waals surface area contributed by atoms with Crippen LogP contribution in [-0.2, 0) is 0 Å². The molecule has 2 aromatic heterocycles. The molecule has 0 aromatic carbocycles. The summed E-state index contributed by atoms with van der Waals surface area (Å²) in [6, 6.07) is 3.34. The summed E-state index contributed by atoms with van der Waals surface area (Å²) in [6.45, 7) is 0. The van der Waals surface area contributed by atoms with Gasteiger partial charge in [-0.1, -0.05) is 23.2 Å². The van der Waals surface area contributed by atoms with Gasteiger partial charge >= 0.3 is 0 Å². The largest absolute Gasteiger partial charge is 0.382 e. The van der Waals surface area contributed by atoms with Crippen molar-refractivity contribution in [1.82, 2.24) is 10.2 Å². The summed E-state index contributed by atoms with van der Waals surface area (Å²) < 4.78 is 1.06. The van der Waals surface area contributed by atoms with Gasteiger partial charge < -0.3 is 5.11 Å². The summed E-state index contributed by atoms with van der Waals surface area (Å²) >= 11 is 12.9. The lowest BCUT2D eigenvalue weighted by atomic mass is 10.1. The van der Waals surface area contributed by atoms with Crippen LogP contribution in [0, 0.1) is 0 Å². The minimum absolute atomic E-state index is 0.497. The lowest BCUT2D eigenvalue weighted by Crippen LogP contribution is -1.98. The van der Waals surface area contributed by atoms with Crippen LogP contribution in [0.5, 0.6) is 0 Å². The Morgan fingerprint density at radius 1 is 1.50 bits per heavy atom. The van der Waals surface area contributed by atoms with Crippen molar-refractivity contribution in [3.05, 3.63) is 38.3 Å². The third kappa shape index (κ3) is 1.79. The molecule has 0 bridgehead atoms. The Kier molecular flexibility index (Phi) is 2.78. The van der Waals surface area contributed by atoms with E-state index in [2.05, 4.69) is 10.2 Å². The molecule has 1 atom stereocenters. The molecule has 0 amide bonds. The van der Waals surface area contributed by atoms with Crippen molar-refractivity contribution in [2.24, 2.45) is 0 Å². The average Bonchev–Trinajstić information content (AvgIpc) is 2.73. The lowest BCUT2D eigenvalue weighted by Gasteiger charge is -2.05. The Hall–Kier alpha value is -0.550. The van der Waals surface area contributed by atoms with Gasteiger partial charge in [-0.2, -0.15) is 5.10 Å². The van der Waals surface area contributed by atoms with E-state index in [4.69, 9.17) is 23.2 Å². The minimum Gasteiger partial charge on any atom is -0.382 e. The zero-order chi connectivity index (χ0) is 10.1. The highest BCUT2D eigenvalue weighted by Gasteiger charge is 2.17. The molecular weight excluding hydrogens is 243 g/mol. The SMILES string of the molecule is OC(c1ccn[nH]1)c1cc(Cl)sc1Cl. The second-order valence-corrected chi connectivity index (χ2v) is 4.98. The normalized spacial score (nSPS) is 13.1. The van der Waals surface area contributed by atoms with E-state index >= 15 is 0 Å². The van der Waals surface area contributed by atoms with Gasteiger partial charge in [-0.3, -0.25) is 5.10 Å². The summed E-state index contributed by atoms with van der Waals surface area (Å²) in [5.41, 5.74) is 1.20. The Morgan fingerprint density at radius 2 is 2.29 bits per heavy atom. The Balaban J connectivity index is 2.36. The molecule has 0 saturated heterocycles. The predicted octanol–water partition coefficient (Wildman–Crippen LogP) is 2.86. The third-order valence-electron chi connectivity index (χ3n) is 1.79. The fraction of sp³-hybridized carbons (Fsp3) is 0.125. The van der Waals surface area contributed by atoms with Crippen molar-refractivity contribution < 1.29 is 5.11 Å². The molecule has 1 unspecified atom stereocenters. The Labute approximate surface area is 94.3 Å². The van der Waals surface area contributed by atoms with E-state index < -0.39 is 6.10 Å². The zero-order valence-corrected chi connectivity index (χ0v) is 9.20. The molecule has 0 radical (unpaired) electrons. The van der Waals surface area contributed by atoms with Gasteiger partial charge in [-0.25, -0.2) is 0 Å². The van der Waals surface area contributed by atoms with Crippen LogP contribution in [0.25, 0.3) is 0 Å². The fourth-order valence-corrected chi connectivity index (χ4v) is 2.65. The average molecular weight is 249 g/mol. The number of aliphatic hydroxyl groups excluding tert-OH is 1. The van der Waals surface area contributed by atoms with Crippen molar-refractivity contribution in [2.45, 2.75) is 6.10 Å². The molecule has 0 fully saturated rings. The zero-order valence-electron chi connectivity index (χ0n) is 6.87. The van der Waals surface area contributed by atoms with Crippen molar-refractivity contribution in [3.8, 4) is 0 Å². The van der Waals surface area contributed by atoms with Crippen molar-refractivity contribution in [1.29, 1.82) is 0 Å². The molecule has 2 heterocycles. The quantitative estimate of drug-likeness (QED) is 0.859. The van der Waals surface area contributed by atoms with Gasteiger partial charge in [0.1, 0.15) is 10.4 Å². The van der Waals surface area contributed by atoms with Crippen LogP contribution in [0.3, 0.4) is 0 Å². The van der Waals surface area contributed by atoms with E-state index in [1.54, 1.807) is 18.3 Å². The van der Waals surface area contributed by atoms with Crippen molar-refractivity contribution >= 4 is 34.5 Å². The summed E-state index contributed by atoms with van der Waals surface area (Å²) in [4.78, 5) is 0. The van der Waals surface area contributed by atoms with Gasteiger partial charge in [0.25, 0.3) is 0 Å². The van der Waals surface area contributed by atoms with Crippen LogP contribution in [0.4, 0.5) is 0 Å². The number of aromatic nitrogens is 2. The number of nitrogens with one attached hydrogen (secondary N) is 1. The van der Waals surface area contributed by atoms with Crippen LogP contribution in [0.2, 0.25) is 8.67 Å². The summed E-state index contributed by atoms with van der Waals surface area (Å²) in [6.07, 6.45) is 0.772. The predicted molar refractivity (Wildman–Crippen MR) is 57.0 cm³/mol. The molecule has 0 aliphatic heterocycles. The highest BCUT2D eigenvalue weighted by atomic mass is 35.5. The number of H-pyrrole nitrogens is 1. The van der Waals surface area contributed by atoms with E-state index in [0.717, 1.165) is 0 Å². The van der Waals surface area contributed by atoms with Gasteiger partial charge in [0, 0.05) is 11.8 Å². The maximum absolute atomic E-state index is 9.87. The van der Waals surface area contributed by atoms with Crippen LogP contribution in [0.15, 0.2) is 18.3 Å². The Bertz CT molecular complexity index is 426. The van der Waals surface area contributed by atoms with Crippen molar-refractivity contribution in [3.63, 3.8) is 0 Å². The number of thiophene rings is 1. The van der Waals surface area contributed by atoms with Crippen molar-refractivity contribution in [2.75, 3.05) is 0 Å². The second kappa shape index (κ2) is 3.90. The topological polar surface area (TPSA) is 48.9 Å². The van der Waals surface area contributed by atoms with Gasteiger partial charge in [0.15, 0.2) is 0 Å². The summed E-state index contributed by atoms with van der Waals surface area (Å²) in [5, 5.41) is 16.3. The third-order valence-corrected chi connectivity index (χ3v) is 3.31. The molecule has 2 rings (SSSR count). The Morgan fingerprint density at radius 3 is 2.79 bits per heavy atom. The highest BCUT2D eigenvalue weighted by Crippen LogP contribution is 2.36. The van der Waals surface area contributed by atoms with E-state index in [1.165, 1.54) is 11.3 Å². The monoisotopic (exact) mass is 248 g/mol. The van der Waals surface area contributed by atoms with Crippen LogP contribution < -0.4 is 0 Å². The van der Waals surface area contributed by atoms with E-state index in [0.29, 0.717) is 19.9 Å². The summed E-state index contributed by atoms with van der Waals surface area (Å²) in [5.74, 6) is 0. The van der Waals surface area contributed by atoms with Gasteiger partial charge in [0.2, 0.25) is 0 Å². The maximum Gasteiger partial charge on any atom is 0.123 e. The number of aromatic amines is 1. The molecule has 74 valence electrons. The number of hydrogen-bond donors (Lipinski definition) is 2. The van der Waals surface area contributed by atoms with Crippen LogP contribution >= 0.6 is 34.5 Å². The molecule has 0 aliphatic rings. The van der Waals surface area contributed by atoms with E-state index in [9.17, 15) is 5.11 Å². The molecule has 14 heavy (non-hydrogen) atoms. The molecule has 3 nitrogen and oxygen atoms in total. The van der Waals surface area contributed by atoms with Crippen LogP contribution in [0.1, 0.15) is 17.4 Å². The molecule has 0 saturated carbocycles. The van der Waals surface area contributed by atoms with Gasteiger partial charge in [-0.05, 0) is 12.1 Å². The number of aliphatic hydroxyl groups is 1. The van der Waals surface area contributed by atoms with E-state index in [-0.39, 0.29) is 0 Å². The first-order valence-corrected chi connectivity index (χ1v) is 5.38. The summed E-state index contributed by atoms with van der Waals surface area (Å²) in [7, 11) is 0.